The molecule has 3 nitrogen and oxygen atoms in total. The second kappa shape index (κ2) is 5.41. The highest BCUT2D eigenvalue weighted by atomic mass is 32.2. The first-order chi connectivity index (χ1) is 8.15. The number of sulfonamides is 1. The van der Waals surface area contributed by atoms with Crippen molar-refractivity contribution in [3.05, 3.63) is 28.8 Å². The minimum absolute atomic E-state index is 0.0740. The van der Waals surface area contributed by atoms with E-state index in [1.54, 1.807) is 0 Å². The van der Waals surface area contributed by atoms with Crippen LogP contribution in [-0.4, -0.2) is 14.5 Å². The lowest BCUT2D eigenvalue weighted by Gasteiger charge is -2.19. The maximum absolute atomic E-state index is 12.4. The maximum Gasteiger partial charge on any atom is 0.241 e. The summed E-state index contributed by atoms with van der Waals surface area (Å²) in [6.07, 6.45) is 0. The molecule has 1 atom stereocenters. The number of benzene rings is 1. The van der Waals surface area contributed by atoms with Crippen LogP contribution in [0.15, 0.2) is 17.0 Å². The molecule has 0 heterocycles. The Labute approximate surface area is 111 Å². The fraction of sp³-hybridized carbons (Fsp3) is 0.571. The highest BCUT2D eigenvalue weighted by Crippen LogP contribution is 2.22. The summed E-state index contributed by atoms with van der Waals surface area (Å²) < 4.78 is 27.5. The van der Waals surface area contributed by atoms with E-state index < -0.39 is 10.0 Å². The van der Waals surface area contributed by atoms with E-state index >= 15 is 0 Å². The van der Waals surface area contributed by atoms with Gasteiger partial charge in [-0.25, -0.2) is 13.1 Å². The minimum Gasteiger partial charge on any atom is -0.208 e. The molecular formula is C14H23NO2S. The molecule has 0 aliphatic rings. The van der Waals surface area contributed by atoms with Crippen LogP contribution in [0.2, 0.25) is 0 Å². The molecule has 0 bridgehead atoms. The smallest absolute Gasteiger partial charge is 0.208 e. The van der Waals surface area contributed by atoms with Crippen molar-refractivity contribution in [1.29, 1.82) is 0 Å². The van der Waals surface area contributed by atoms with Gasteiger partial charge in [-0.15, -0.1) is 0 Å². The van der Waals surface area contributed by atoms with Crippen LogP contribution in [0.3, 0.4) is 0 Å². The third kappa shape index (κ3) is 3.33. The van der Waals surface area contributed by atoms with Gasteiger partial charge in [0.1, 0.15) is 0 Å². The van der Waals surface area contributed by atoms with Gasteiger partial charge in [-0.05, 0) is 44.7 Å². The number of hydrogen-bond acceptors (Lipinski definition) is 2. The quantitative estimate of drug-likeness (QED) is 0.913. The summed E-state index contributed by atoms with van der Waals surface area (Å²) in [4.78, 5) is 0.417. The van der Waals surface area contributed by atoms with Crippen molar-refractivity contribution < 1.29 is 8.42 Å². The molecule has 0 radical (unpaired) electrons. The van der Waals surface area contributed by atoms with Crippen molar-refractivity contribution in [2.45, 2.75) is 52.5 Å². The van der Waals surface area contributed by atoms with Crippen LogP contribution in [0.1, 0.15) is 37.5 Å². The summed E-state index contributed by atoms with van der Waals surface area (Å²) in [7, 11) is -3.43. The van der Waals surface area contributed by atoms with Gasteiger partial charge in [-0.2, -0.15) is 0 Å². The molecule has 4 heteroatoms. The highest BCUT2D eigenvalue weighted by molar-refractivity contribution is 7.89. The van der Waals surface area contributed by atoms with Crippen LogP contribution in [0, 0.1) is 26.7 Å². The number of nitrogens with one attached hydrogen (secondary N) is 1. The molecule has 0 fully saturated rings. The van der Waals surface area contributed by atoms with Crippen molar-refractivity contribution in [3.63, 3.8) is 0 Å². The largest absolute Gasteiger partial charge is 0.241 e. The topological polar surface area (TPSA) is 46.2 Å². The van der Waals surface area contributed by atoms with Crippen molar-refractivity contribution in [1.82, 2.24) is 4.72 Å². The van der Waals surface area contributed by atoms with Crippen LogP contribution in [0.4, 0.5) is 0 Å². The highest BCUT2D eigenvalue weighted by Gasteiger charge is 2.22. The van der Waals surface area contributed by atoms with Gasteiger partial charge in [-0.1, -0.05) is 31.5 Å². The summed E-state index contributed by atoms with van der Waals surface area (Å²) in [5.74, 6) is 0.269. The Morgan fingerprint density at radius 3 is 1.83 bits per heavy atom. The second-order valence-corrected chi connectivity index (χ2v) is 7.03. The van der Waals surface area contributed by atoms with Crippen LogP contribution in [-0.2, 0) is 10.0 Å². The van der Waals surface area contributed by atoms with Crippen molar-refractivity contribution in [2.75, 3.05) is 0 Å². The Morgan fingerprint density at radius 2 is 1.44 bits per heavy atom. The van der Waals surface area contributed by atoms with Crippen LogP contribution >= 0.6 is 0 Å². The van der Waals surface area contributed by atoms with Gasteiger partial charge in [0.05, 0.1) is 4.90 Å². The molecule has 0 saturated heterocycles. The summed E-state index contributed by atoms with van der Waals surface area (Å²) >= 11 is 0. The van der Waals surface area contributed by atoms with E-state index in [0.29, 0.717) is 4.90 Å². The lowest BCUT2D eigenvalue weighted by Crippen LogP contribution is -2.36. The number of hydrogen-bond donors (Lipinski definition) is 1. The van der Waals surface area contributed by atoms with Crippen LogP contribution < -0.4 is 4.72 Å². The summed E-state index contributed by atoms with van der Waals surface area (Å²) in [6.45, 7) is 11.6. The van der Waals surface area contributed by atoms with Gasteiger partial charge in [0.2, 0.25) is 10.0 Å². The Kier molecular flexibility index (Phi) is 4.56. The van der Waals surface area contributed by atoms with E-state index in [2.05, 4.69) is 4.72 Å². The van der Waals surface area contributed by atoms with Gasteiger partial charge >= 0.3 is 0 Å². The SMILES string of the molecule is Cc1cc(C)c(S(=O)(=O)N[C@H](C)C(C)C)c(C)c1. The first-order valence-electron chi connectivity index (χ1n) is 6.25. The fourth-order valence-corrected chi connectivity index (χ4v) is 3.88. The molecular weight excluding hydrogens is 246 g/mol. The van der Waals surface area contributed by atoms with Gasteiger partial charge in [0, 0.05) is 6.04 Å². The summed E-state index contributed by atoms with van der Waals surface area (Å²) in [5.41, 5.74) is 2.69. The molecule has 0 saturated carbocycles. The first kappa shape index (κ1) is 15.2. The Balaban J connectivity index is 3.21. The number of aryl methyl sites for hydroxylation is 3. The summed E-state index contributed by atoms with van der Waals surface area (Å²) in [6, 6.07) is 3.73. The second-order valence-electron chi connectivity index (χ2n) is 5.38. The Morgan fingerprint density at radius 1 is 1.00 bits per heavy atom. The molecule has 0 aliphatic heterocycles. The maximum atomic E-state index is 12.4. The normalized spacial score (nSPS) is 13.9. The molecule has 18 heavy (non-hydrogen) atoms. The van der Waals surface area contributed by atoms with Gasteiger partial charge in [0.25, 0.3) is 0 Å². The molecule has 102 valence electrons. The predicted octanol–water partition coefficient (Wildman–Crippen LogP) is 2.93. The first-order valence-corrected chi connectivity index (χ1v) is 7.73. The Bertz CT molecular complexity index is 510. The van der Waals surface area contributed by atoms with Gasteiger partial charge in [0.15, 0.2) is 0 Å². The predicted molar refractivity (Wildman–Crippen MR) is 75.3 cm³/mol. The molecule has 1 aromatic rings. The van der Waals surface area contributed by atoms with E-state index in [1.165, 1.54) is 0 Å². The molecule has 0 aromatic heterocycles. The van der Waals surface area contributed by atoms with Crippen molar-refractivity contribution >= 4 is 10.0 Å². The average Bonchev–Trinajstić information content (AvgIpc) is 2.13. The van der Waals surface area contributed by atoms with E-state index in [1.807, 2.05) is 53.7 Å². The molecule has 0 amide bonds. The molecule has 0 spiro atoms. The van der Waals surface area contributed by atoms with Crippen molar-refractivity contribution in [3.8, 4) is 0 Å². The van der Waals surface area contributed by atoms with E-state index in [4.69, 9.17) is 0 Å². The molecule has 1 aromatic carbocycles. The Hall–Kier alpha value is -0.870. The van der Waals surface area contributed by atoms with Gasteiger partial charge in [-0.3, -0.25) is 0 Å². The van der Waals surface area contributed by atoms with E-state index in [9.17, 15) is 8.42 Å². The zero-order valence-corrected chi connectivity index (χ0v) is 12.9. The monoisotopic (exact) mass is 269 g/mol. The lowest BCUT2D eigenvalue weighted by atomic mass is 10.1. The zero-order chi connectivity index (χ0) is 14.1. The molecule has 1 rings (SSSR count). The lowest BCUT2D eigenvalue weighted by molar-refractivity contribution is 0.476. The molecule has 0 unspecified atom stereocenters. The molecule has 1 N–H and O–H groups in total. The van der Waals surface area contributed by atoms with E-state index in [-0.39, 0.29) is 12.0 Å². The van der Waals surface area contributed by atoms with Crippen LogP contribution in [0.25, 0.3) is 0 Å². The zero-order valence-electron chi connectivity index (χ0n) is 12.0. The standard InChI is InChI=1S/C14H23NO2S/c1-9(2)13(6)15-18(16,17)14-11(4)7-10(3)8-12(14)5/h7-9,13,15H,1-6H3/t13-/m1/s1. The fourth-order valence-electron chi connectivity index (χ4n) is 2.03. The minimum atomic E-state index is -3.43. The number of rotatable bonds is 4. The average molecular weight is 269 g/mol. The van der Waals surface area contributed by atoms with E-state index in [0.717, 1.165) is 16.7 Å². The third-order valence-corrected chi connectivity index (χ3v) is 5.08. The summed E-state index contributed by atoms with van der Waals surface area (Å²) in [5, 5.41) is 0. The van der Waals surface area contributed by atoms with Crippen LogP contribution in [0.5, 0.6) is 0 Å². The van der Waals surface area contributed by atoms with Gasteiger partial charge < -0.3 is 0 Å². The molecule has 0 aliphatic carbocycles. The third-order valence-electron chi connectivity index (χ3n) is 3.21. The van der Waals surface area contributed by atoms with Crippen molar-refractivity contribution in [2.24, 2.45) is 5.92 Å².